The molecule has 7 nitrogen and oxygen atoms in total. The van der Waals surface area contributed by atoms with Crippen molar-refractivity contribution in [2.24, 2.45) is 0 Å². The third-order valence-corrected chi connectivity index (χ3v) is 5.37. The Bertz CT molecular complexity index is 785. The van der Waals surface area contributed by atoms with E-state index in [1.807, 2.05) is 37.3 Å². The van der Waals surface area contributed by atoms with Gasteiger partial charge in [-0.3, -0.25) is 14.6 Å². The van der Waals surface area contributed by atoms with Crippen LogP contribution in [0.2, 0.25) is 0 Å². The monoisotopic (exact) mass is 413 g/mol. The van der Waals surface area contributed by atoms with Crippen molar-refractivity contribution in [3.63, 3.8) is 0 Å². The predicted octanol–water partition coefficient (Wildman–Crippen LogP) is 2.73. The Morgan fingerprint density at radius 3 is 2.20 bits per heavy atom. The van der Waals surface area contributed by atoms with E-state index in [0.29, 0.717) is 23.8 Å². The van der Waals surface area contributed by atoms with Gasteiger partial charge < -0.3 is 19.5 Å². The van der Waals surface area contributed by atoms with Gasteiger partial charge in [0, 0.05) is 56.6 Å². The minimum Gasteiger partial charge on any atom is -0.497 e. The number of hydrogen-bond donors (Lipinski definition) is 1. The highest BCUT2D eigenvalue weighted by Crippen LogP contribution is 2.26. The third-order valence-electron chi connectivity index (χ3n) is 5.37. The molecule has 0 aliphatic carbocycles. The van der Waals surface area contributed by atoms with Gasteiger partial charge >= 0.3 is 0 Å². The second-order valence-corrected chi connectivity index (χ2v) is 7.31. The van der Waals surface area contributed by atoms with Crippen LogP contribution in [0, 0.1) is 0 Å². The summed E-state index contributed by atoms with van der Waals surface area (Å²) in [6.45, 7) is 7.03. The maximum Gasteiger partial charge on any atom is 0.241 e. The Morgan fingerprint density at radius 2 is 1.60 bits per heavy atom. The molecular formula is C23H31N3O4. The van der Waals surface area contributed by atoms with Gasteiger partial charge in [-0.1, -0.05) is 18.2 Å². The van der Waals surface area contributed by atoms with Gasteiger partial charge in [0.2, 0.25) is 5.91 Å². The molecule has 0 radical (unpaired) electrons. The standard InChI is InChI=1S/C23H31N3O4/c1-18(23(27)24-19-15-21(28-2)17-22(16-19)29-3)26-11-9-25(10-12-26)13-14-30-20-7-5-4-6-8-20/h4-8,15-18H,9-14H2,1-3H3,(H,24,27). The van der Waals surface area contributed by atoms with Crippen molar-refractivity contribution in [2.75, 3.05) is 58.9 Å². The van der Waals surface area contributed by atoms with Gasteiger partial charge in [0.25, 0.3) is 0 Å². The Morgan fingerprint density at radius 1 is 0.967 bits per heavy atom. The van der Waals surface area contributed by atoms with Gasteiger partial charge in [-0.25, -0.2) is 0 Å². The van der Waals surface area contributed by atoms with Crippen LogP contribution in [0.25, 0.3) is 0 Å². The molecule has 0 saturated carbocycles. The molecule has 2 aromatic rings. The molecule has 30 heavy (non-hydrogen) atoms. The van der Waals surface area contributed by atoms with E-state index in [-0.39, 0.29) is 11.9 Å². The minimum absolute atomic E-state index is 0.0360. The molecule has 3 rings (SSSR count). The molecule has 0 bridgehead atoms. The molecule has 1 unspecified atom stereocenters. The van der Waals surface area contributed by atoms with Crippen LogP contribution >= 0.6 is 0 Å². The van der Waals surface area contributed by atoms with Gasteiger partial charge in [-0.05, 0) is 19.1 Å². The van der Waals surface area contributed by atoms with Gasteiger partial charge in [-0.15, -0.1) is 0 Å². The first-order valence-electron chi connectivity index (χ1n) is 10.3. The quantitative estimate of drug-likeness (QED) is 0.682. The van der Waals surface area contributed by atoms with E-state index in [1.165, 1.54) is 0 Å². The van der Waals surface area contributed by atoms with Crippen molar-refractivity contribution in [3.05, 3.63) is 48.5 Å². The lowest BCUT2D eigenvalue weighted by atomic mass is 10.2. The Balaban J connectivity index is 1.44. The highest BCUT2D eigenvalue weighted by molar-refractivity contribution is 5.95. The fraction of sp³-hybridized carbons (Fsp3) is 0.435. The number of rotatable bonds is 9. The molecule has 1 atom stereocenters. The van der Waals surface area contributed by atoms with Crippen molar-refractivity contribution >= 4 is 11.6 Å². The summed E-state index contributed by atoms with van der Waals surface area (Å²) in [5, 5.41) is 2.98. The summed E-state index contributed by atoms with van der Waals surface area (Å²) >= 11 is 0. The van der Waals surface area contributed by atoms with Crippen LogP contribution in [0.3, 0.4) is 0 Å². The number of piperazine rings is 1. The zero-order valence-corrected chi connectivity index (χ0v) is 18.0. The number of carbonyl (C=O) groups excluding carboxylic acids is 1. The van der Waals surface area contributed by atoms with Crippen molar-refractivity contribution < 1.29 is 19.0 Å². The van der Waals surface area contributed by atoms with E-state index in [1.54, 1.807) is 32.4 Å². The van der Waals surface area contributed by atoms with Crippen molar-refractivity contribution in [1.29, 1.82) is 0 Å². The molecule has 0 aromatic heterocycles. The number of nitrogens with one attached hydrogen (secondary N) is 1. The highest BCUT2D eigenvalue weighted by atomic mass is 16.5. The number of anilines is 1. The normalized spacial score (nSPS) is 16.0. The molecule has 7 heteroatoms. The fourth-order valence-corrected chi connectivity index (χ4v) is 3.48. The number of nitrogens with zero attached hydrogens (tertiary/aromatic N) is 2. The Labute approximate surface area is 178 Å². The van der Waals surface area contributed by atoms with Crippen molar-refractivity contribution in [1.82, 2.24) is 9.80 Å². The number of hydrogen-bond acceptors (Lipinski definition) is 6. The Hall–Kier alpha value is -2.77. The average Bonchev–Trinajstić information content (AvgIpc) is 2.79. The molecule has 1 aliphatic rings. The fourth-order valence-electron chi connectivity index (χ4n) is 3.48. The number of methoxy groups -OCH3 is 2. The molecule has 1 N–H and O–H groups in total. The van der Waals surface area contributed by atoms with E-state index in [2.05, 4.69) is 15.1 Å². The first-order chi connectivity index (χ1) is 14.6. The maximum absolute atomic E-state index is 12.8. The molecular weight excluding hydrogens is 382 g/mol. The zero-order valence-electron chi connectivity index (χ0n) is 18.0. The summed E-state index contributed by atoms with van der Waals surface area (Å²) in [7, 11) is 3.18. The minimum atomic E-state index is -0.218. The van der Waals surface area contributed by atoms with Crippen LogP contribution in [0.1, 0.15) is 6.92 Å². The molecule has 1 saturated heterocycles. The zero-order chi connectivity index (χ0) is 21.3. The van der Waals surface area contributed by atoms with Crippen molar-refractivity contribution in [2.45, 2.75) is 13.0 Å². The van der Waals surface area contributed by atoms with Gasteiger partial charge in [0.1, 0.15) is 23.9 Å². The van der Waals surface area contributed by atoms with Crippen LogP contribution in [0.5, 0.6) is 17.2 Å². The number of para-hydroxylation sites is 1. The summed E-state index contributed by atoms with van der Waals surface area (Å²) in [5.41, 5.74) is 0.666. The second-order valence-electron chi connectivity index (χ2n) is 7.31. The van der Waals surface area contributed by atoms with Crippen molar-refractivity contribution in [3.8, 4) is 17.2 Å². The van der Waals surface area contributed by atoms with E-state index >= 15 is 0 Å². The van der Waals surface area contributed by atoms with Gasteiger partial charge in [-0.2, -0.15) is 0 Å². The topological polar surface area (TPSA) is 63.3 Å². The molecule has 1 amide bonds. The molecule has 2 aromatic carbocycles. The van der Waals surface area contributed by atoms with Crippen LogP contribution in [-0.4, -0.2) is 75.3 Å². The van der Waals surface area contributed by atoms with Gasteiger partial charge in [0.05, 0.1) is 20.3 Å². The van der Waals surface area contributed by atoms with Crippen LogP contribution in [0.4, 0.5) is 5.69 Å². The lowest BCUT2D eigenvalue weighted by Crippen LogP contribution is -2.53. The molecule has 1 heterocycles. The predicted molar refractivity (Wildman–Crippen MR) is 118 cm³/mol. The summed E-state index contributed by atoms with van der Waals surface area (Å²) in [6, 6.07) is 15.0. The number of carbonyl (C=O) groups is 1. The molecule has 0 spiro atoms. The van der Waals surface area contributed by atoms with Crippen LogP contribution in [0.15, 0.2) is 48.5 Å². The lowest BCUT2D eigenvalue weighted by molar-refractivity contribution is -0.121. The van der Waals surface area contributed by atoms with Crippen LogP contribution in [-0.2, 0) is 4.79 Å². The SMILES string of the molecule is COc1cc(NC(=O)C(C)N2CCN(CCOc3ccccc3)CC2)cc(OC)c1. The van der Waals surface area contributed by atoms with E-state index in [0.717, 1.165) is 38.5 Å². The first-order valence-corrected chi connectivity index (χ1v) is 10.3. The molecule has 1 aliphatic heterocycles. The highest BCUT2D eigenvalue weighted by Gasteiger charge is 2.25. The summed E-state index contributed by atoms with van der Waals surface area (Å²) in [4.78, 5) is 17.3. The molecule has 1 fully saturated rings. The number of amides is 1. The van der Waals surface area contributed by atoms with Gasteiger partial charge in [0.15, 0.2) is 0 Å². The largest absolute Gasteiger partial charge is 0.497 e. The number of ether oxygens (including phenoxy) is 3. The van der Waals surface area contributed by atoms with Crippen LogP contribution < -0.4 is 19.5 Å². The number of benzene rings is 2. The smallest absolute Gasteiger partial charge is 0.241 e. The average molecular weight is 414 g/mol. The van der Waals surface area contributed by atoms with E-state index in [4.69, 9.17) is 14.2 Å². The summed E-state index contributed by atoms with van der Waals surface area (Å²) in [6.07, 6.45) is 0. The maximum atomic E-state index is 12.8. The molecule has 162 valence electrons. The second kappa shape index (κ2) is 10.8. The Kier molecular flexibility index (Phi) is 7.93. The van der Waals surface area contributed by atoms with E-state index in [9.17, 15) is 4.79 Å². The summed E-state index contributed by atoms with van der Waals surface area (Å²) in [5.74, 6) is 2.15. The third kappa shape index (κ3) is 6.11. The van der Waals surface area contributed by atoms with E-state index < -0.39 is 0 Å². The first kappa shape index (κ1) is 21.9. The summed E-state index contributed by atoms with van der Waals surface area (Å²) < 4.78 is 16.3. The lowest BCUT2D eigenvalue weighted by Gasteiger charge is -2.37.